The summed E-state index contributed by atoms with van der Waals surface area (Å²) in [6.45, 7) is -0.108. The van der Waals surface area contributed by atoms with E-state index in [0.717, 1.165) is 10.0 Å². The van der Waals surface area contributed by atoms with Crippen molar-refractivity contribution in [3.05, 3.63) is 75.1 Å². The van der Waals surface area contributed by atoms with Crippen molar-refractivity contribution in [2.75, 3.05) is 6.54 Å². The van der Waals surface area contributed by atoms with Crippen molar-refractivity contribution in [2.24, 2.45) is 10.3 Å². The molecule has 0 unspecified atom stereocenters. The van der Waals surface area contributed by atoms with Gasteiger partial charge in [-0.3, -0.25) is 4.79 Å². The molecule has 0 atom stereocenters. The number of nitrogens with one attached hydrogen (secondary N) is 1. The zero-order valence-corrected chi connectivity index (χ0v) is 12.6. The normalized spacial score (nSPS) is 11.0. The van der Waals surface area contributed by atoms with E-state index in [1.165, 1.54) is 0 Å². The Hall–Kier alpha value is -2.34. The first-order chi connectivity index (χ1) is 10.2. The first-order valence-corrected chi connectivity index (χ1v) is 6.97. The Morgan fingerprint density at radius 2 is 1.76 bits per heavy atom. The maximum Gasteiger partial charge on any atom is 0.271 e. The van der Waals surface area contributed by atoms with Crippen molar-refractivity contribution >= 4 is 27.5 Å². The van der Waals surface area contributed by atoms with Crippen molar-refractivity contribution in [2.45, 2.75) is 0 Å². The van der Waals surface area contributed by atoms with Gasteiger partial charge >= 0.3 is 0 Å². The van der Waals surface area contributed by atoms with Gasteiger partial charge in [0.15, 0.2) is 0 Å². The molecule has 0 aliphatic rings. The molecule has 0 heterocycles. The predicted octanol–water partition coefficient (Wildman–Crippen LogP) is 3.35. The van der Waals surface area contributed by atoms with E-state index in [4.69, 9.17) is 0 Å². The minimum absolute atomic E-state index is 0.108. The highest BCUT2D eigenvalue weighted by molar-refractivity contribution is 9.10. The molecular formula is C15H12BrN3O2. The van der Waals surface area contributed by atoms with Gasteiger partial charge in [0.25, 0.3) is 5.91 Å². The van der Waals surface area contributed by atoms with Crippen LogP contribution >= 0.6 is 15.9 Å². The molecule has 0 fully saturated rings. The molecule has 2 aromatic carbocycles. The van der Waals surface area contributed by atoms with Crippen molar-refractivity contribution in [1.82, 2.24) is 5.43 Å². The van der Waals surface area contributed by atoms with Crippen LogP contribution in [0.1, 0.15) is 15.9 Å². The number of carbonyl (C=O) groups excluding carboxylic acids is 1. The highest BCUT2D eigenvalue weighted by Gasteiger charge is 2.07. The Morgan fingerprint density at radius 3 is 2.43 bits per heavy atom. The molecule has 0 saturated heterocycles. The summed E-state index contributed by atoms with van der Waals surface area (Å²) in [5, 5.41) is 6.84. The topological polar surface area (TPSA) is 70.9 Å². The largest absolute Gasteiger partial charge is 0.271 e. The second-order valence-corrected chi connectivity index (χ2v) is 5.08. The summed E-state index contributed by atoms with van der Waals surface area (Å²) in [4.78, 5) is 22.5. The van der Waals surface area contributed by atoms with Gasteiger partial charge in [-0.05, 0) is 23.8 Å². The second kappa shape index (κ2) is 7.44. The average Bonchev–Trinajstić information content (AvgIpc) is 2.52. The molecular weight excluding hydrogens is 334 g/mol. The van der Waals surface area contributed by atoms with Crippen LogP contribution in [0.15, 0.2) is 69.3 Å². The number of nitroso groups, excluding NO2 is 1. The zero-order chi connectivity index (χ0) is 15.1. The first kappa shape index (κ1) is 15.1. The molecule has 5 nitrogen and oxygen atoms in total. The molecule has 0 radical (unpaired) electrons. The van der Waals surface area contributed by atoms with E-state index in [9.17, 15) is 9.70 Å². The third kappa shape index (κ3) is 4.32. The molecule has 0 saturated carbocycles. The van der Waals surface area contributed by atoms with Crippen LogP contribution in [0.3, 0.4) is 0 Å². The molecule has 106 valence electrons. The Bertz CT molecular complexity index is 672. The van der Waals surface area contributed by atoms with Gasteiger partial charge in [0.2, 0.25) is 0 Å². The summed E-state index contributed by atoms with van der Waals surface area (Å²) in [5.74, 6) is -0.351. The van der Waals surface area contributed by atoms with Gasteiger partial charge in [0.05, 0.1) is 5.71 Å². The lowest BCUT2D eigenvalue weighted by molar-refractivity contribution is 0.0955. The summed E-state index contributed by atoms with van der Waals surface area (Å²) in [6.07, 6.45) is 0. The van der Waals surface area contributed by atoms with Crippen LogP contribution < -0.4 is 5.43 Å². The first-order valence-electron chi connectivity index (χ1n) is 6.17. The van der Waals surface area contributed by atoms with Crippen molar-refractivity contribution in [3.63, 3.8) is 0 Å². The lowest BCUT2D eigenvalue weighted by Gasteiger charge is -2.04. The Labute approximate surface area is 130 Å². The van der Waals surface area contributed by atoms with Gasteiger partial charge in [-0.25, -0.2) is 5.43 Å². The van der Waals surface area contributed by atoms with E-state index in [-0.39, 0.29) is 12.5 Å². The van der Waals surface area contributed by atoms with Crippen LogP contribution in [0.4, 0.5) is 0 Å². The fourth-order valence-electron chi connectivity index (χ4n) is 1.70. The Kier molecular flexibility index (Phi) is 5.34. The minimum atomic E-state index is -0.351. The molecule has 2 aromatic rings. The number of hydrogen-bond donors (Lipinski definition) is 1. The second-order valence-electron chi connectivity index (χ2n) is 4.16. The minimum Gasteiger partial charge on any atom is -0.267 e. The lowest BCUT2D eigenvalue weighted by atomic mass is 10.1. The number of nitrogens with zero attached hydrogens (tertiary/aromatic N) is 2. The number of hydrogen-bond acceptors (Lipinski definition) is 4. The number of hydrazone groups is 1. The van der Waals surface area contributed by atoms with Crippen molar-refractivity contribution in [1.29, 1.82) is 0 Å². The maximum atomic E-state index is 12.0. The molecule has 1 amide bonds. The van der Waals surface area contributed by atoms with Crippen LogP contribution in [-0.4, -0.2) is 18.2 Å². The highest BCUT2D eigenvalue weighted by atomic mass is 79.9. The van der Waals surface area contributed by atoms with Crippen molar-refractivity contribution in [3.8, 4) is 0 Å². The predicted molar refractivity (Wildman–Crippen MR) is 85.2 cm³/mol. The van der Waals surface area contributed by atoms with Crippen LogP contribution in [0.5, 0.6) is 0 Å². The highest BCUT2D eigenvalue weighted by Crippen LogP contribution is 2.11. The number of benzene rings is 2. The molecule has 21 heavy (non-hydrogen) atoms. The third-order valence-corrected chi connectivity index (χ3v) is 3.19. The van der Waals surface area contributed by atoms with Gasteiger partial charge in [0, 0.05) is 10.0 Å². The van der Waals surface area contributed by atoms with Crippen molar-refractivity contribution < 1.29 is 4.79 Å². The van der Waals surface area contributed by atoms with Gasteiger partial charge in [0.1, 0.15) is 6.54 Å². The number of carbonyl (C=O) groups is 1. The number of amides is 1. The Morgan fingerprint density at radius 1 is 1.05 bits per heavy atom. The molecule has 0 aliphatic heterocycles. The fraction of sp³-hybridized carbons (Fsp3) is 0.0667. The molecule has 6 heteroatoms. The van der Waals surface area contributed by atoms with Gasteiger partial charge in [-0.1, -0.05) is 57.5 Å². The molecule has 0 aliphatic carbocycles. The number of rotatable bonds is 5. The summed E-state index contributed by atoms with van der Waals surface area (Å²) in [6, 6.07) is 16.1. The number of halogens is 1. The molecule has 0 bridgehead atoms. The van der Waals surface area contributed by atoms with Gasteiger partial charge < -0.3 is 0 Å². The van der Waals surface area contributed by atoms with Crippen LogP contribution in [0, 0.1) is 4.91 Å². The van der Waals surface area contributed by atoms with Gasteiger partial charge in [-0.2, -0.15) is 10.0 Å². The van der Waals surface area contributed by atoms with E-state index in [2.05, 4.69) is 31.6 Å². The summed E-state index contributed by atoms with van der Waals surface area (Å²) in [5.41, 5.74) is 4.06. The van der Waals surface area contributed by atoms with E-state index in [0.29, 0.717) is 11.3 Å². The lowest BCUT2D eigenvalue weighted by Crippen LogP contribution is -2.21. The molecule has 0 aromatic heterocycles. The SMILES string of the molecule is O=NCC(=NNC(=O)c1cccc(Br)c1)c1ccccc1. The third-order valence-electron chi connectivity index (χ3n) is 2.70. The standard InChI is InChI=1S/C15H12BrN3O2/c16-13-8-4-7-12(9-13)15(20)19-18-14(10-17-21)11-5-2-1-3-6-11/h1-9H,10H2,(H,19,20). The maximum absolute atomic E-state index is 12.0. The molecule has 0 spiro atoms. The molecule has 2 rings (SSSR count). The van der Waals surface area contributed by atoms with E-state index in [1.54, 1.807) is 30.3 Å². The summed E-state index contributed by atoms with van der Waals surface area (Å²) < 4.78 is 0.803. The van der Waals surface area contributed by atoms with E-state index < -0.39 is 0 Å². The van der Waals surface area contributed by atoms with E-state index in [1.807, 2.05) is 24.3 Å². The monoisotopic (exact) mass is 345 g/mol. The summed E-state index contributed by atoms with van der Waals surface area (Å²) in [7, 11) is 0. The fourth-order valence-corrected chi connectivity index (χ4v) is 2.09. The van der Waals surface area contributed by atoms with Gasteiger partial charge in [-0.15, -0.1) is 0 Å². The zero-order valence-electron chi connectivity index (χ0n) is 11.0. The van der Waals surface area contributed by atoms with Crippen LogP contribution in [0.25, 0.3) is 0 Å². The molecule has 1 N–H and O–H groups in total. The quantitative estimate of drug-likeness (QED) is 0.512. The van der Waals surface area contributed by atoms with Crippen LogP contribution in [0.2, 0.25) is 0 Å². The summed E-state index contributed by atoms with van der Waals surface area (Å²) >= 11 is 3.30. The Balaban J connectivity index is 2.16. The van der Waals surface area contributed by atoms with E-state index >= 15 is 0 Å². The average molecular weight is 346 g/mol. The van der Waals surface area contributed by atoms with Crippen LogP contribution in [-0.2, 0) is 0 Å². The smallest absolute Gasteiger partial charge is 0.267 e.